The minimum atomic E-state index is -0.249. The first-order chi connectivity index (χ1) is 12.5. The molecule has 4 rings (SSSR count). The highest BCUT2D eigenvalue weighted by molar-refractivity contribution is 5.96. The Hall–Kier alpha value is -2.25. The van der Waals surface area contributed by atoms with Crippen molar-refractivity contribution in [1.29, 1.82) is 0 Å². The summed E-state index contributed by atoms with van der Waals surface area (Å²) in [5.74, 6) is -0.222. The van der Waals surface area contributed by atoms with Crippen LogP contribution in [0, 0.1) is 5.82 Å². The average Bonchev–Trinajstić information content (AvgIpc) is 3.06. The zero-order valence-corrected chi connectivity index (χ0v) is 15.2. The molecule has 0 spiro atoms. The number of benzene rings is 1. The fourth-order valence-corrected chi connectivity index (χ4v) is 3.95. The minimum Gasteiger partial charge on any atom is -0.315 e. The molecule has 0 radical (unpaired) electrons. The first kappa shape index (κ1) is 17.2. The van der Waals surface area contributed by atoms with E-state index in [9.17, 15) is 4.79 Å². The summed E-state index contributed by atoms with van der Waals surface area (Å²) in [4.78, 5) is 15.8. The zero-order chi connectivity index (χ0) is 18.3. The molecule has 138 valence electrons. The third-order valence-electron chi connectivity index (χ3n) is 5.38. The lowest BCUT2D eigenvalue weighted by Gasteiger charge is -2.31. The van der Waals surface area contributed by atoms with Crippen LogP contribution < -0.4 is 10.2 Å². The first-order valence-corrected chi connectivity index (χ1v) is 9.11. The number of halogens is 1. The molecule has 2 aliphatic rings. The number of hydrogen-bond acceptors (Lipinski definition) is 4. The second-order valence-electron chi connectivity index (χ2n) is 7.24. The Morgan fingerprint density at radius 2 is 2.19 bits per heavy atom. The number of anilines is 1. The van der Waals surface area contributed by atoms with Crippen LogP contribution in [0.3, 0.4) is 0 Å². The van der Waals surface area contributed by atoms with Gasteiger partial charge >= 0.3 is 0 Å². The van der Waals surface area contributed by atoms with Crippen LogP contribution in [0.15, 0.2) is 18.3 Å². The maximum atomic E-state index is 15.2. The number of piperazine rings is 1. The molecule has 1 aromatic carbocycles. The van der Waals surface area contributed by atoms with Gasteiger partial charge in [-0.3, -0.25) is 14.8 Å². The molecule has 26 heavy (non-hydrogen) atoms. The zero-order valence-electron chi connectivity index (χ0n) is 15.2. The number of nitrogens with zero attached hydrogens (tertiary/aromatic N) is 3. The minimum absolute atomic E-state index is 0.0275. The fourth-order valence-electron chi connectivity index (χ4n) is 3.95. The van der Waals surface area contributed by atoms with Crippen molar-refractivity contribution in [2.75, 3.05) is 31.6 Å². The number of aromatic amines is 1. The first-order valence-electron chi connectivity index (χ1n) is 9.11. The van der Waals surface area contributed by atoms with Crippen LogP contribution >= 0.6 is 0 Å². The normalized spacial score (nSPS) is 21.1. The molecule has 1 saturated heterocycles. The van der Waals surface area contributed by atoms with E-state index in [-0.39, 0.29) is 11.7 Å². The molecule has 1 amide bonds. The Morgan fingerprint density at radius 1 is 1.35 bits per heavy atom. The number of carbonyl (C=O) groups excluding carboxylic acids is 1. The van der Waals surface area contributed by atoms with Gasteiger partial charge in [-0.2, -0.15) is 5.10 Å². The number of fused-ring (bicyclic) bond motifs is 1. The van der Waals surface area contributed by atoms with Crippen molar-refractivity contribution in [3.05, 3.63) is 35.3 Å². The summed E-state index contributed by atoms with van der Waals surface area (Å²) in [6.07, 6.45) is 2.58. The summed E-state index contributed by atoms with van der Waals surface area (Å²) >= 11 is 0. The Labute approximate surface area is 152 Å². The second kappa shape index (κ2) is 6.81. The third-order valence-corrected chi connectivity index (χ3v) is 5.38. The van der Waals surface area contributed by atoms with Crippen LogP contribution in [0.5, 0.6) is 0 Å². The molecule has 2 aliphatic heterocycles. The number of amides is 1. The largest absolute Gasteiger partial charge is 0.315 e. The highest BCUT2D eigenvalue weighted by atomic mass is 19.1. The van der Waals surface area contributed by atoms with E-state index in [1.807, 2.05) is 6.07 Å². The van der Waals surface area contributed by atoms with Crippen LogP contribution in [0.2, 0.25) is 0 Å². The van der Waals surface area contributed by atoms with E-state index in [0.29, 0.717) is 35.7 Å². The molecule has 7 heteroatoms. The lowest BCUT2D eigenvalue weighted by molar-refractivity contribution is -0.118. The molecule has 0 bridgehead atoms. The van der Waals surface area contributed by atoms with Crippen molar-refractivity contribution < 1.29 is 9.18 Å². The molecule has 1 fully saturated rings. The summed E-state index contributed by atoms with van der Waals surface area (Å²) in [6.45, 7) is 5.80. The van der Waals surface area contributed by atoms with Crippen LogP contribution in [0.1, 0.15) is 24.5 Å². The predicted octanol–water partition coefficient (Wildman–Crippen LogP) is 1.92. The van der Waals surface area contributed by atoms with Gasteiger partial charge < -0.3 is 10.2 Å². The number of H-pyrrole nitrogens is 1. The molecule has 2 aromatic rings. The topological polar surface area (TPSA) is 64.3 Å². The van der Waals surface area contributed by atoms with Gasteiger partial charge in [-0.25, -0.2) is 4.39 Å². The van der Waals surface area contributed by atoms with E-state index in [2.05, 4.69) is 27.3 Å². The van der Waals surface area contributed by atoms with Crippen molar-refractivity contribution in [2.24, 2.45) is 0 Å². The molecule has 0 saturated carbocycles. The molecule has 1 atom stereocenters. The van der Waals surface area contributed by atoms with Crippen LogP contribution in [0.25, 0.3) is 11.3 Å². The van der Waals surface area contributed by atoms with Crippen LogP contribution in [-0.2, 0) is 17.8 Å². The number of rotatable bonds is 3. The van der Waals surface area contributed by atoms with Gasteiger partial charge in [0.1, 0.15) is 5.82 Å². The smallest absolute Gasteiger partial charge is 0.227 e. The van der Waals surface area contributed by atoms with Gasteiger partial charge in [0, 0.05) is 68.1 Å². The molecular weight excluding hydrogens is 333 g/mol. The average molecular weight is 357 g/mol. The molecular formula is C19H24FN5O. The van der Waals surface area contributed by atoms with Crippen LogP contribution in [-0.4, -0.2) is 53.7 Å². The Morgan fingerprint density at radius 3 is 3.00 bits per heavy atom. The van der Waals surface area contributed by atoms with Crippen molar-refractivity contribution >= 4 is 11.6 Å². The van der Waals surface area contributed by atoms with Gasteiger partial charge in [0.25, 0.3) is 0 Å². The van der Waals surface area contributed by atoms with Crippen molar-refractivity contribution in [3.63, 3.8) is 0 Å². The predicted molar refractivity (Wildman–Crippen MR) is 98.5 cm³/mol. The van der Waals surface area contributed by atoms with E-state index < -0.39 is 0 Å². The van der Waals surface area contributed by atoms with Gasteiger partial charge in [0.2, 0.25) is 5.91 Å². The van der Waals surface area contributed by atoms with Crippen molar-refractivity contribution in [3.8, 4) is 11.3 Å². The van der Waals surface area contributed by atoms with E-state index in [0.717, 1.165) is 37.4 Å². The maximum absolute atomic E-state index is 15.2. The Balaban J connectivity index is 1.65. The monoisotopic (exact) mass is 357 g/mol. The Bertz CT molecular complexity index is 833. The number of carbonyl (C=O) groups is 1. The molecule has 3 heterocycles. The number of nitrogens with one attached hydrogen (secondary N) is 2. The third kappa shape index (κ3) is 3.01. The van der Waals surface area contributed by atoms with E-state index >= 15 is 4.39 Å². The quantitative estimate of drug-likeness (QED) is 0.881. The van der Waals surface area contributed by atoms with Gasteiger partial charge in [-0.1, -0.05) is 0 Å². The SMILES string of the molecule is CC1CN(Cc2cn[nH]c2-c2ccc3c(c2F)CCC(=O)N3C)CCN1. The van der Waals surface area contributed by atoms with Gasteiger partial charge in [-0.05, 0) is 25.5 Å². The van der Waals surface area contributed by atoms with Crippen molar-refractivity contribution in [1.82, 2.24) is 20.4 Å². The standard InChI is InChI=1S/C19H24FN5O/c1-12-10-25(8-7-21-12)11-13-9-22-23-19(13)15-3-5-16-14(18(15)20)4-6-17(26)24(16)2/h3,5,9,12,21H,4,6-8,10-11H2,1-2H3,(H,22,23). The lowest BCUT2D eigenvalue weighted by Crippen LogP contribution is -2.48. The summed E-state index contributed by atoms with van der Waals surface area (Å²) in [5, 5.41) is 10.6. The fraction of sp³-hybridized carbons (Fsp3) is 0.474. The molecule has 1 aromatic heterocycles. The number of hydrogen-bond donors (Lipinski definition) is 2. The molecule has 2 N–H and O–H groups in total. The summed E-state index contributed by atoms with van der Waals surface area (Å²) in [7, 11) is 1.70. The highest BCUT2D eigenvalue weighted by Crippen LogP contribution is 2.35. The van der Waals surface area contributed by atoms with E-state index in [4.69, 9.17) is 0 Å². The van der Waals surface area contributed by atoms with Gasteiger partial charge in [0.05, 0.1) is 11.9 Å². The highest BCUT2D eigenvalue weighted by Gasteiger charge is 2.26. The van der Waals surface area contributed by atoms with E-state index in [1.54, 1.807) is 24.2 Å². The van der Waals surface area contributed by atoms with Gasteiger partial charge in [0.15, 0.2) is 0 Å². The number of aromatic nitrogens is 2. The second-order valence-corrected chi connectivity index (χ2v) is 7.24. The summed E-state index contributed by atoms with van der Waals surface area (Å²) < 4.78 is 15.2. The molecule has 0 aliphatic carbocycles. The Kier molecular flexibility index (Phi) is 4.50. The maximum Gasteiger partial charge on any atom is 0.227 e. The van der Waals surface area contributed by atoms with E-state index in [1.165, 1.54) is 0 Å². The summed E-state index contributed by atoms with van der Waals surface area (Å²) in [5.41, 5.74) is 3.54. The van der Waals surface area contributed by atoms with Crippen LogP contribution in [0.4, 0.5) is 10.1 Å². The summed E-state index contributed by atoms with van der Waals surface area (Å²) in [6, 6.07) is 4.04. The molecule has 6 nitrogen and oxygen atoms in total. The lowest BCUT2D eigenvalue weighted by atomic mass is 9.96. The molecule has 1 unspecified atom stereocenters. The van der Waals surface area contributed by atoms with Gasteiger partial charge in [-0.15, -0.1) is 0 Å². The van der Waals surface area contributed by atoms with Crippen molar-refractivity contribution in [2.45, 2.75) is 32.4 Å².